The van der Waals surface area contributed by atoms with Crippen molar-refractivity contribution in [3.8, 4) is 11.5 Å². The first-order chi connectivity index (χ1) is 13.1. The SMILES string of the molecule is COc1ccc(C(=O)CN2CCN(C(=O)c3ccccc3OC)CC2)cc1. The van der Waals surface area contributed by atoms with E-state index in [1.165, 1.54) is 0 Å². The maximum atomic E-state index is 12.7. The van der Waals surface area contributed by atoms with E-state index in [0.29, 0.717) is 49.6 Å². The fraction of sp³-hybridized carbons (Fsp3) is 0.333. The molecule has 2 aromatic rings. The van der Waals surface area contributed by atoms with E-state index in [0.717, 1.165) is 5.75 Å². The van der Waals surface area contributed by atoms with Crippen LogP contribution in [0.4, 0.5) is 0 Å². The summed E-state index contributed by atoms with van der Waals surface area (Å²) >= 11 is 0. The smallest absolute Gasteiger partial charge is 0.257 e. The molecule has 0 saturated carbocycles. The molecule has 2 aromatic carbocycles. The van der Waals surface area contributed by atoms with Gasteiger partial charge in [-0.3, -0.25) is 14.5 Å². The van der Waals surface area contributed by atoms with E-state index in [4.69, 9.17) is 9.47 Å². The summed E-state index contributed by atoms with van der Waals surface area (Å²) in [4.78, 5) is 29.1. The van der Waals surface area contributed by atoms with Crippen molar-refractivity contribution < 1.29 is 19.1 Å². The third-order valence-corrected chi connectivity index (χ3v) is 4.78. The van der Waals surface area contributed by atoms with E-state index in [9.17, 15) is 9.59 Å². The molecule has 1 aliphatic heterocycles. The van der Waals surface area contributed by atoms with Gasteiger partial charge in [0.05, 0.1) is 26.3 Å². The lowest BCUT2D eigenvalue weighted by Gasteiger charge is -2.34. The molecule has 0 N–H and O–H groups in total. The number of ether oxygens (including phenoxy) is 2. The lowest BCUT2D eigenvalue weighted by Crippen LogP contribution is -2.49. The van der Waals surface area contributed by atoms with Gasteiger partial charge in [-0.2, -0.15) is 0 Å². The van der Waals surface area contributed by atoms with Crippen molar-refractivity contribution in [2.45, 2.75) is 0 Å². The van der Waals surface area contributed by atoms with Crippen molar-refractivity contribution in [2.75, 3.05) is 46.9 Å². The van der Waals surface area contributed by atoms with Gasteiger partial charge in [-0.05, 0) is 36.4 Å². The third-order valence-electron chi connectivity index (χ3n) is 4.78. The van der Waals surface area contributed by atoms with Crippen LogP contribution in [0.2, 0.25) is 0 Å². The van der Waals surface area contributed by atoms with Crippen molar-refractivity contribution >= 4 is 11.7 Å². The Morgan fingerprint density at radius 2 is 1.56 bits per heavy atom. The van der Waals surface area contributed by atoms with Gasteiger partial charge in [-0.15, -0.1) is 0 Å². The average Bonchev–Trinajstić information content (AvgIpc) is 2.73. The number of carbonyl (C=O) groups excluding carboxylic acids is 2. The van der Waals surface area contributed by atoms with Gasteiger partial charge in [0.2, 0.25) is 0 Å². The van der Waals surface area contributed by atoms with Crippen molar-refractivity contribution in [1.82, 2.24) is 9.80 Å². The van der Waals surface area contributed by atoms with Crippen LogP contribution >= 0.6 is 0 Å². The largest absolute Gasteiger partial charge is 0.497 e. The Bertz CT molecular complexity index is 796. The molecule has 0 aromatic heterocycles. The maximum absolute atomic E-state index is 12.7. The van der Waals surface area contributed by atoms with Gasteiger partial charge in [0.15, 0.2) is 5.78 Å². The molecule has 0 unspecified atom stereocenters. The Morgan fingerprint density at radius 1 is 0.889 bits per heavy atom. The zero-order valence-electron chi connectivity index (χ0n) is 15.7. The predicted octanol–water partition coefficient (Wildman–Crippen LogP) is 2.34. The monoisotopic (exact) mass is 368 g/mol. The van der Waals surface area contributed by atoms with Crippen LogP contribution in [-0.4, -0.2) is 68.4 Å². The predicted molar refractivity (Wildman–Crippen MR) is 103 cm³/mol. The lowest BCUT2D eigenvalue weighted by molar-refractivity contribution is 0.0621. The number of para-hydroxylation sites is 1. The molecule has 1 heterocycles. The number of methoxy groups -OCH3 is 2. The minimum Gasteiger partial charge on any atom is -0.497 e. The molecular formula is C21H24N2O4. The third kappa shape index (κ3) is 4.46. The Labute approximate surface area is 159 Å². The van der Waals surface area contributed by atoms with Gasteiger partial charge in [0.1, 0.15) is 11.5 Å². The van der Waals surface area contributed by atoms with Crippen molar-refractivity contribution in [3.63, 3.8) is 0 Å². The quantitative estimate of drug-likeness (QED) is 0.733. The first kappa shape index (κ1) is 18.9. The fourth-order valence-electron chi connectivity index (χ4n) is 3.17. The number of amides is 1. The highest BCUT2D eigenvalue weighted by atomic mass is 16.5. The van der Waals surface area contributed by atoms with E-state index in [-0.39, 0.29) is 11.7 Å². The highest BCUT2D eigenvalue weighted by molar-refractivity contribution is 5.98. The molecule has 1 amide bonds. The Kier molecular flexibility index (Phi) is 6.08. The summed E-state index contributed by atoms with van der Waals surface area (Å²) in [6.45, 7) is 2.87. The van der Waals surface area contributed by atoms with Crippen molar-refractivity contribution in [2.24, 2.45) is 0 Å². The Balaban J connectivity index is 1.55. The maximum Gasteiger partial charge on any atom is 0.257 e. The molecule has 142 valence electrons. The summed E-state index contributed by atoms with van der Waals surface area (Å²) in [5.41, 5.74) is 1.24. The molecule has 6 nitrogen and oxygen atoms in total. The second-order valence-corrected chi connectivity index (χ2v) is 6.42. The van der Waals surface area contributed by atoms with Gasteiger partial charge in [-0.1, -0.05) is 12.1 Å². The van der Waals surface area contributed by atoms with E-state index in [2.05, 4.69) is 4.90 Å². The standard InChI is InChI=1S/C21H24N2O4/c1-26-17-9-7-16(8-10-17)19(24)15-22-11-13-23(14-12-22)21(25)18-5-3-4-6-20(18)27-2/h3-10H,11-15H2,1-2H3. The van der Waals surface area contributed by atoms with Gasteiger partial charge < -0.3 is 14.4 Å². The van der Waals surface area contributed by atoms with Crippen LogP contribution in [0.1, 0.15) is 20.7 Å². The number of Topliss-reactive ketones (excluding diaryl/α,β-unsaturated/α-hetero) is 1. The number of benzene rings is 2. The topological polar surface area (TPSA) is 59.1 Å². The second kappa shape index (κ2) is 8.68. The van der Waals surface area contributed by atoms with Gasteiger partial charge >= 0.3 is 0 Å². The zero-order valence-corrected chi connectivity index (χ0v) is 15.7. The molecule has 0 atom stereocenters. The van der Waals surface area contributed by atoms with Crippen LogP contribution < -0.4 is 9.47 Å². The van der Waals surface area contributed by atoms with Crippen LogP contribution in [-0.2, 0) is 0 Å². The van der Waals surface area contributed by atoms with E-state index in [1.807, 2.05) is 17.0 Å². The molecule has 0 radical (unpaired) electrons. The van der Waals surface area contributed by atoms with E-state index < -0.39 is 0 Å². The van der Waals surface area contributed by atoms with Gasteiger partial charge in [-0.25, -0.2) is 0 Å². The normalized spacial score (nSPS) is 14.7. The summed E-state index contributed by atoms with van der Waals surface area (Å²) in [6, 6.07) is 14.4. The summed E-state index contributed by atoms with van der Waals surface area (Å²) in [5.74, 6) is 1.35. The lowest BCUT2D eigenvalue weighted by atomic mass is 10.1. The van der Waals surface area contributed by atoms with Crippen LogP contribution in [0.3, 0.4) is 0 Å². The van der Waals surface area contributed by atoms with E-state index >= 15 is 0 Å². The van der Waals surface area contributed by atoms with Crippen LogP contribution in [0.25, 0.3) is 0 Å². The molecule has 1 fully saturated rings. The van der Waals surface area contributed by atoms with Crippen LogP contribution in [0, 0.1) is 0 Å². The van der Waals surface area contributed by atoms with Crippen molar-refractivity contribution in [1.29, 1.82) is 0 Å². The minimum absolute atomic E-state index is 0.0337. The molecule has 0 spiro atoms. The van der Waals surface area contributed by atoms with Crippen molar-refractivity contribution in [3.05, 3.63) is 59.7 Å². The highest BCUT2D eigenvalue weighted by Gasteiger charge is 2.25. The number of piperazine rings is 1. The first-order valence-electron chi connectivity index (χ1n) is 8.94. The van der Waals surface area contributed by atoms with Gasteiger partial charge in [0.25, 0.3) is 5.91 Å². The van der Waals surface area contributed by atoms with Crippen LogP contribution in [0.15, 0.2) is 48.5 Å². The zero-order chi connectivity index (χ0) is 19.2. The molecule has 1 saturated heterocycles. The highest BCUT2D eigenvalue weighted by Crippen LogP contribution is 2.20. The molecular weight excluding hydrogens is 344 g/mol. The number of ketones is 1. The van der Waals surface area contributed by atoms with E-state index in [1.54, 1.807) is 50.6 Å². The average molecular weight is 368 g/mol. The first-order valence-corrected chi connectivity index (χ1v) is 8.94. The molecule has 0 aliphatic carbocycles. The summed E-state index contributed by atoms with van der Waals surface area (Å²) in [5, 5.41) is 0. The van der Waals surface area contributed by atoms with Crippen LogP contribution in [0.5, 0.6) is 11.5 Å². The number of rotatable bonds is 6. The number of hydrogen-bond acceptors (Lipinski definition) is 5. The Morgan fingerprint density at radius 3 is 2.19 bits per heavy atom. The molecule has 1 aliphatic rings. The minimum atomic E-state index is -0.0337. The number of hydrogen-bond donors (Lipinski definition) is 0. The number of nitrogens with zero attached hydrogens (tertiary/aromatic N) is 2. The molecule has 27 heavy (non-hydrogen) atoms. The molecule has 3 rings (SSSR count). The summed E-state index contributed by atoms with van der Waals surface area (Å²) in [6.07, 6.45) is 0. The Hall–Kier alpha value is -2.86. The number of carbonyl (C=O) groups is 2. The molecule has 0 bridgehead atoms. The van der Waals surface area contributed by atoms with Gasteiger partial charge in [0, 0.05) is 31.7 Å². The summed E-state index contributed by atoms with van der Waals surface area (Å²) < 4.78 is 10.4. The second-order valence-electron chi connectivity index (χ2n) is 6.42. The summed E-state index contributed by atoms with van der Waals surface area (Å²) in [7, 11) is 3.16. The fourth-order valence-corrected chi connectivity index (χ4v) is 3.17. The molecule has 6 heteroatoms.